The van der Waals surface area contributed by atoms with Gasteiger partial charge in [0.2, 0.25) is 15.8 Å². The predicted octanol–water partition coefficient (Wildman–Crippen LogP) is 4.42. The molecule has 0 saturated carbocycles. The van der Waals surface area contributed by atoms with Gasteiger partial charge in [0, 0.05) is 6.54 Å². The van der Waals surface area contributed by atoms with E-state index in [1.165, 1.54) is 12.1 Å². The van der Waals surface area contributed by atoms with E-state index in [-0.39, 0.29) is 24.3 Å². The lowest BCUT2D eigenvalue weighted by Gasteiger charge is -2.37. The van der Waals surface area contributed by atoms with Crippen molar-refractivity contribution in [1.29, 1.82) is 0 Å². The van der Waals surface area contributed by atoms with Crippen LogP contribution >= 0.6 is 0 Å². The van der Waals surface area contributed by atoms with Crippen molar-refractivity contribution in [3.8, 4) is 0 Å². The molecule has 1 saturated heterocycles. The van der Waals surface area contributed by atoms with Crippen LogP contribution in [0.15, 0.2) is 65.6 Å². The molecule has 0 aliphatic carbocycles. The van der Waals surface area contributed by atoms with Crippen molar-refractivity contribution >= 4 is 27.8 Å². The van der Waals surface area contributed by atoms with Gasteiger partial charge in [-0.15, -0.1) is 0 Å². The van der Waals surface area contributed by atoms with Crippen LogP contribution < -0.4 is 5.32 Å². The van der Waals surface area contributed by atoms with Gasteiger partial charge in [-0.3, -0.25) is 14.5 Å². The molecule has 2 aromatic carbocycles. The lowest BCUT2D eigenvalue weighted by molar-refractivity contribution is -0.142. The van der Waals surface area contributed by atoms with Crippen LogP contribution in [0, 0.1) is 5.41 Å². The summed E-state index contributed by atoms with van der Waals surface area (Å²) in [6.07, 6.45) is -1.14. The van der Waals surface area contributed by atoms with Gasteiger partial charge in [0.05, 0.1) is 10.9 Å². The van der Waals surface area contributed by atoms with Crippen molar-refractivity contribution in [2.45, 2.75) is 76.5 Å². The average Bonchev–Trinajstić information content (AvgIpc) is 3.22. The number of carbonyl (C=O) groups is 3. The Bertz CT molecular complexity index is 1230. The molecule has 9 nitrogen and oxygen atoms in total. The summed E-state index contributed by atoms with van der Waals surface area (Å²) in [5.41, 5.74) is 0.245. The van der Waals surface area contributed by atoms with Crippen molar-refractivity contribution in [1.82, 2.24) is 14.5 Å². The third kappa shape index (κ3) is 6.60. The molecule has 0 aromatic heterocycles. The molecule has 206 valence electrons. The second-order valence-electron chi connectivity index (χ2n) is 10.5. The summed E-state index contributed by atoms with van der Waals surface area (Å²) in [6, 6.07) is 15.1. The highest BCUT2D eigenvalue weighted by atomic mass is 32.2. The third-order valence-electron chi connectivity index (χ3n) is 6.88. The quantitative estimate of drug-likeness (QED) is 0.405. The fraction of sp³-hybridized carbons (Fsp3) is 0.464. The van der Waals surface area contributed by atoms with Crippen molar-refractivity contribution < 1.29 is 27.9 Å². The Hall–Kier alpha value is -3.24. The number of hydrogen-bond donors (Lipinski definition) is 2. The number of sulfonamides is 1. The zero-order chi connectivity index (χ0) is 28.1. The maximum Gasteiger partial charge on any atom is 0.409 e. The van der Waals surface area contributed by atoms with Gasteiger partial charge in [-0.1, -0.05) is 82.1 Å². The van der Waals surface area contributed by atoms with Gasteiger partial charge < -0.3 is 10.4 Å². The topological polar surface area (TPSA) is 124 Å². The highest BCUT2D eigenvalue weighted by Crippen LogP contribution is 2.40. The zero-order valence-corrected chi connectivity index (χ0v) is 23.1. The van der Waals surface area contributed by atoms with E-state index >= 15 is 0 Å². The van der Waals surface area contributed by atoms with Gasteiger partial charge in [-0.05, 0) is 42.9 Å². The number of rotatable bonds is 11. The number of ketones is 1. The molecule has 0 bridgehead atoms. The Morgan fingerprint density at radius 3 is 2.21 bits per heavy atom. The van der Waals surface area contributed by atoms with Gasteiger partial charge in [-0.2, -0.15) is 4.31 Å². The second-order valence-corrected chi connectivity index (χ2v) is 12.4. The molecule has 10 heteroatoms. The number of carbonyl (C=O) groups excluding carboxylic acids is 2. The van der Waals surface area contributed by atoms with Crippen LogP contribution in [0.5, 0.6) is 0 Å². The van der Waals surface area contributed by atoms with Crippen molar-refractivity contribution in [2.75, 3.05) is 6.54 Å². The zero-order valence-electron chi connectivity index (χ0n) is 22.3. The molecule has 1 aliphatic heterocycles. The molecule has 1 fully saturated rings. The monoisotopic (exact) mass is 543 g/mol. The summed E-state index contributed by atoms with van der Waals surface area (Å²) in [5.74, 6) is -1.80. The van der Waals surface area contributed by atoms with E-state index in [2.05, 4.69) is 5.32 Å². The number of carboxylic acid groups (broad SMARTS) is 1. The van der Waals surface area contributed by atoms with Crippen LogP contribution in [0.2, 0.25) is 0 Å². The number of Topliss-reactive ketones (excluding diaryl/α,β-unsaturated/α-hetero) is 1. The minimum atomic E-state index is -4.08. The Morgan fingerprint density at radius 2 is 1.66 bits per heavy atom. The van der Waals surface area contributed by atoms with Gasteiger partial charge in [0.1, 0.15) is 12.2 Å². The van der Waals surface area contributed by atoms with E-state index in [1.54, 1.807) is 25.1 Å². The van der Waals surface area contributed by atoms with E-state index in [0.29, 0.717) is 12.8 Å². The number of nitrogens with one attached hydrogen (secondary N) is 1. The summed E-state index contributed by atoms with van der Waals surface area (Å²) in [4.78, 5) is 40.2. The summed E-state index contributed by atoms with van der Waals surface area (Å²) in [6.45, 7) is 7.43. The van der Waals surface area contributed by atoms with Gasteiger partial charge in [0.15, 0.2) is 0 Å². The molecule has 0 spiro atoms. The molecular weight excluding hydrogens is 506 g/mol. The van der Waals surface area contributed by atoms with E-state index in [9.17, 15) is 27.9 Å². The Morgan fingerprint density at radius 1 is 1.08 bits per heavy atom. The van der Waals surface area contributed by atoms with Crippen molar-refractivity contribution in [2.24, 2.45) is 5.41 Å². The lowest BCUT2D eigenvalue weighted by Crippen LogP contribution is -2.58. The summed E-state index contributed by atoms with van der Waals surface area (Å²) in [5, 5.41) is 13.0. The molecule has 38 heavy (non-hydrogen) atoms. The van der Waals surface area contributed by atoms with Crippen LogP contribution in [0.3, 0.4) is 0 Å². The smallest absolute Gasteiger partial charge is 0.409 e. The fourth-order valence-electron chi connectivity index (χ4n) is 4.90. The molecule has 1 aliphatic rings. The number of unbranched alkanes of at least 4 members (excludes halogenated alkanes) is 1. The first kappa shape index (κ1) is 29.3. The molecule has 3 atom stereocenters. The third-order valence-corrected chi connectivity index (χ3v) is 8.74. The Balaban J connectivity index is 1.97. The molecule has 2 N–H and O–H groups in total. The number of nitrogens with zero attached hydrogens (tertiary/aromatic N) is 2. The van der Waals surface area contributed by atoms with Gasteiger partial charge in [0.25, 0.3) is 5.91 Å². The van der Waals surface area contributed by atoms with Crippen LogP contribution in [0.4, 0.5) is 4.79 Å². The molecule has 2 unspecified atom stereocenters. The maximum absolute atomic E-state index is 13.6. The van der Waals surface area contributed by atoms with Crippen LogP contribution in [0.1, 0.15) is 65.0 Å². The van der Waals surface area contributed by atoms with E-state index in [0.717, 1.165) is 14.8 Å². The summed E-state index contributed by atoms with van der Waals surface area (Å²) < 4.78 is 28.4. The first-order chi connectivity index (χ1) is 17.9. The molecule has 0 radical (unpaired) electrons. The summed E-state index contributed by atoms with van der Waals surface area (Å²) >= 11 is 0. The maximum atomic E-state index is 13.6. The SMILES string of the molecule is CCCC[C@@H](C(=O)C(=O)NC(C)c1ccccc1)N(C(=O)O)C1CC(C)(C)CN1S(=O)(=O)c1ccccc1. The molecule has 2 aromatic rings. The normalized spacial score (nSPS) is 18.9. The predicted molar refractivity (Wildman–Crippen MR) is 144 cm³/mol. The minimum absolute atomic E-state index is 0.0407. The lowest BCUT2D eigenvalue weighted by atomic mass is 9.91. The van der Waals surface area contributed by atoms with Crippen molar-refractivity contribution in [3.05, 3.63) is 66.2 Å². The number of hydrogen-bond acceptors (Lipinski definition) is 5. The number of benzene rings is 2. The molecule has 2 amide bonds. The van der Waals surface area contributed by atoms with E-state index in [4.69, 9.17) is 0 Å². The first-order valence-corrected chi connectivity index (χ1v) is 14.3. The standard InChI is InChI=1S/C28H37N3O6S/c1-5-6-17-23(25(32)26(33)29-20(2)21-13-9-7-10-14-21)31(27(34)35)24-18-28(3,4)19-30(24)38(36,37)22-15-11-8-12-16-22/h7-16,20,23-24H,5-6,17-19H2,1-4H3,(H,29,33)(H,34,35)/t20?,23-,24?/m0/s1. The molecule has 3 rings (SSSR count). The summed E-state index contributed by atoms with van der Waals surface area (Å²) in [7, 11) is -4.08. The van der Waals surface area contributed by atoms with Crippen LogP contribution in [-0.4, -0.2) is 59.3 Å². The van der Waals surface area contributed by atoms with E-state index in [1.807, 2.05) is 51.1 Å². The molecule has 1 heterocycles. The minimum Gasteiger partial charge on any atom is -0.465 e. The van der Waals surface area contributed by atoms with Gasteiger partial charge >= 0.3 is 6.09 Å². The second kappa shape index (κ2) is 12.1. The van der Waals surface area contributed by atoms with Crippen LogP contribution in [-0.2, 0) is 19.6 Å². The van der Waals surface area contributed by atoms with Crippen molar-refractivity contribution in [3.63, 3.8) is 0 Å². The Kier molecular flexibility index (Phi) is 9.32. The largest absolute Gasteiger partial charge is 0.465 e. The van der Waals surface area contributed by atoms with E-state index < -0.39 is 51.5 Å². The molecular formula is C28H37N3O6S. The fourth-order valence-corrected chi connectivity index (χ4v) is 6.69. The first-order valence-electron chi connectivity index (χ1n) is 12.9. The van der Waals surface area contributed by atoms with Crippen LogP contribution in [0.25, 0.3) is 0 Å². The number of amides is 2. The highest BCUT2D eigenvalue weighted by Gasteiger charge is 2.51. The highest BCUT2D eigenvalue weighted by molar-refractivity contribution is 7.89. The average molecular weight is 544 g/mol. The Labute approximate surface area is 224 Å². The van der Waals surface area contributed by atoms with Gasteiger partial charge in [-0.25, -0.2) is 13.2 Å².